The summed E-state index contributed by atoms with van der Waals surface area (Å²) in [4.78, 5) is 7.20. The number of hydrogen-bond acceptors (Lipinski definition) is 2. The fraction of sp³-hybridized carbons (Fsp3) is 0.500. The Hall–Kier alpha value is -1.02. The van der Waals surface area contributed by atoms with Gasteiger partial charge in [-0.2, -0.15) is 0 Å². The predicted octanol–water partition coefficient (Wildman–Crippen LogP) is 4.07. The summed E-state index contributed by atoms with van der Waals surface area (Å²) in [5.74, 6) is 1.24. The largest absolute Gasteiger partial charge is 0.356 e. The van der Waals surface area contributed by atoms with Crippen LogP contribution in [0.5, 0.6) is 0 Å². The first-order valence-electron chi connectivity index (χ1n) is 6.35. The number of benzene rings is 1. The van der Waals surface area contributed by atoms with E-state index in [2.05, 4.69) is 17.9 Å². The number of fused-ring (bicyclic) bond motifs is 2. The molecule has 0 aromatic heterocycles. The van der Waals surface area contributed by atoms with Gasteiger partial charge in [-0.1, -0.05) is 24.1 Å². The van der Waals surface area contributed by atoms with E-state index in [0.717, 1.165) is 30.2 Å². The number of hydrogen-bond donors (Lipinski definition) is 0. The number of nitrogens with zero attached hydrogens (tertiary/aromatic N) is 2. The van der Waals surface area contributed by atoms with E-state index in [-0.39, 0.29) is 0 Å². The molecule has 1 saturated heterocycles. The van der Waals surface area contributed by atoms with Crippen molar-refractivity contribution < 1.29 is 0 Å². The molecule has 0 N–H and O–H groups in total. The molecule has 1 aromatic rings. The summed E-state index contributed by atoms with van der Waals surface area (Å²) in [6.07, 6.45) is 4.96. The smallest absolute Gasteiger partial charge is 0.105 e. The molecule has 0 amide bonds. The van der Waals surface area contributed by atoms with E-state index in [1.54, 1.807) is 0 Å². The Morgan fingerprint density at radius 2 is 2.12 bits per heavy atom. The average Bonchev–Trinajstić information content (AvgIpc) is 2.51. The van der Waals surface area contributed by atoms with Gasteiger partial charge in [0, 0.05) is 19.5 Å². The van der Waals surface area contributed by atoms with Crippen LogP contribution in [-0.2, 0) is 6.54 Å². The maximum atomic E-state index is 6.29. The molecule has 1 aromatic carbocycles. The zero-order chi connectivity index (χ0) is 11.8. The lowest BCUT2D eigenvalue weighted by Gasteiger charge is -2.29. The molecule has 2 aliphatic rings. The third kappa shape index (κ3) is 2.06. The van der Waals surface area contributed by atoms with Crippen molar-refractivity contribution in [1.82, 2.24) is 4.90 Å². The van der Waals surface area contributed by atoms with E-state index in [9.17, 15) is 0 Å². The molecule has 0 saturated carbocycles. The molecule has 17 heavy (non-hydrogen) atoms. The molecule has 0 radical (unpaired) electrons. The van der Waals surface area contributed by atoms with Crippen LogP contribution in [0, 0.1) is 6.92 Å². The van der Waals surface area contributed by atoms with Gasteiger partial charge in [-0.25, -0.2) is 4.99 Å². The van der Waals surface area contributed by atoms with Gasteiger partial charge in [0.2, 0.25) is 0 Å². The number of aryl methyl sites for hydroxylation is 1. The highest BCUT2D eigenvalue weighted by Crippen LogP contribution is 2.36. The van der Waals surface area contributed by atoms with Gasteiger partial charge in [0.15, 0.2) is 0 Å². The Kier molecular flexibility index (Phi) is 2.83. The lowest BCUT2D eigenvalue weighted by molar-refractivity contribution is 0.403. The zero-order valence-electron chi connectivity index (χ0n) is 10.2. The lowest BCUT2D eigenvalue weighted by Crippen LogP contribution is -2.32. The maximum Gasteiger partial charge on any atom is 0.105 e. The molecule has 0 bridgehead atoms. The normalized spacial score (nSPS) is 19.2. The molecule has 0 unspecified atom stereocenters. The third-order valence-corrected chi connectivity index (χ3v) is 3.87. The van der Waals surface area contributed by atoms with Crippen LogP contribution in [0.4, 0.5) is 5.69 Å². The molecule has 3 heteroatoms. The average molecular weight is 249 g/mol. The first-order valence-corrected chi connectivity index (χ1v) is 6.73. The predicted molar refractivity (Wildman–Crippen MR) is 72.2 cm³/mol. The SMILES string of the molecule is Cc1cc(Cl)c2c(c1)CN1CCCCCC1=N2. The topological polar surface area (TPSA) is 15.6 Å². The van der Waals surface area contributed by atoms with E-state index in [4.69, 9.17) is 16.6 Å². The van der Waals surface area contributed by atoms with Crippen LogP contribution in [-0.4, -0.2) is 17.3 Å². The van der Waals surface area contributed by atoms with Crippen LogP contribution >= 0.6 is 11.6 Å². The standard InChI is InChI=1S/C14H17ClN2/c1-10-7-11-9-17-6-4-2-3-5-13(17)16-14(11)12(15)8-10/h7-8H,2-6,9H2,1H3. The first kappa shape index (κ1) is 11.1. The monoisotopic (exact) mass is 248 g/mol. The minimum absolute atomic E-state index is 0.802. The summed E-state index contributed by atoms with van der Waals surface area (Å²) in [5, 5.41) is 0.802. The van der Waals surface area contributed by atoms with Gasteiger partial charge in [-0.15, -0.1) is 0 Å². The molecular formula is C14H17ClN2. The summed E-state index contributed by atoms with van der Waals surface area (Å²) < 4.78 is 0. The van der Waals surface area contributed by atoms with E-state index in [1.165, 1.54) is 36.2 Å². The number of rotatable bonds is 0. The van der Waals surface area contributed by atoms with Crippen molar-refractivity contribution in [1.29, 1.82) is 0 Å². The molecule has 2 heterocycles. The van der Waals surface area contributed by atoms with Crippen LogP contribution in [0.3, 0.4) is 0 Å². The van der Waals surface area contributed by atoms with Crippen molar-refractivity contribution in [2.24, 2.45) is 4.99 Å². The highest BCUT2D eigenvalue weighted by atomic mass is 35.5. The van der Waals surface area contributed by atoms with E-state index < -0.39 is 0 Å². The van der Waals surface area contributed by atoms with E-state index in [1.807, 2.05) is 6.07 Å². The highest BCUT2D eigenvalue weighted by molar-refractivity contribution is 6.33. The summed E-state index contributed by atoms with van der Waals surface area (Å²) in [5.41, 5.74) is 3.51. The van der Waals surface area contributed by atoms with Gasteiger partial charge in [-0.3, -0.25) is 0 Å². The van der Waals surface area contributed by atoms with Gasteiger partial charge in [-0.05, 0) is 37.0 Å². The molecule has 2 nitrogen and oxygen atoms in total. The van der Waals surface area contributed by atoms with Gasteiger partial charge < -0.3 is 4.90 Å². The maximum absolute atomic E-state index is 6.29. The molecule has 90 valence electrons. The summed E-state index contributed by atoms with van der Waals surface area (Å²) >= 11 is 6.29. The second-order valence-electron chi connectivity index (χ2n) is 5.01. The highest BCUT2D eigenvalue weighted by Gasteiger charge is 2.22. The molecule has 0 aliphatic carbocycles. The molecular weight excluding hydrogens is 232 g/mol. The molecule has 0 atom stereocenters. The van der Waals surface area contributed by atoms with Gasteiger partial charge in [0.05, 0.1) is 10.7 Å². The van der Waals surface area contributed by atoms with Crippen LogP contribution in [0.2, 0.25) is 5.02 Å². The lowest BCUT2D eigenvalue weighted by atomic mass is 10.1. The Morgan fingerprint density at radius 3 is 3.00 bits per heavy atom. The third-order valence-electron chi connectivity index (χ3n) is 3.58. The van der Waals surface area contributed by atoms with Crippen LogP contribution in [0.15, 0.2) is 17.1 Å². The van der Waals surface area contributed by atoms with Crippen molar-refractivity contribution in [3.05, 3.63) is 28.3 Å². The van der Waals surface area contributed by atoms with E-state index >= 15 is 0 Å². The quantitative estimate of drug-likeness (QED) is 0.676. The van der Waals surface area contributed by atoms with Crippen LogP contribution in [0.1, 0.15) is 36.8 Å². The Labute approximate surface area is 107 Å². The van der Waals surface area contributed by atoms with Crippen LogP contribution < -0.4 is 0 Å². The fourth-order valence-electron chi connectivity index (χ4n) is 2.73. The van der Waals surface area contributed by atoms with Crippen LogP contribution in [0.25, 0.3) is 0 Å². The fourth-order valence-corrected chi connectivity index (χ4v) is 3.07. The molecule has 0 spiro atoms. The first-order chi connectivity index (χ1) is 8.24. The molecule has 1 fully saturated rings. The van der Waals surface area contributed by atoms with Crippen molar-refractivity contribution in [3.8, 4) is 0 Å². The van der Waals surface area contributed by atoms with Gasteiger partial charge in [0.25, 0.3) is 0 Å². The van der Waals surface area contributed by atoms with Crippen molar-refractivity contribution >= 4 is 23.1 Å². The van der Waals surface area contributed by atoms with E-state index in [0.29, 0.717) is 0 Å². The second kappa shape index (κ2) is 4.34. The minimum Gasteiger partial charge on any atom is -0.356 e. The summed E-state index contributed by atoms with van der Waals surface area (Å²) in [7, 11) is 0. The second-order valence-corrected chi connectivity index (χ2v) is 5.42. The van der Waals surface area contributed by atoms with Crippen molar-refractivity contribution in [3.63, 3.8) is 0 Å². The summed E-state index contributed by atoms with van der Waals surface area (Å²) in [6.45, 7) is 4.22. The number of amidine groups is 1. The number of halogens is 1. The minimum atomic E-state index is 0.802. The number of aliphatic imine (C=N–C) groups is 1. The van der Waals surface area contributed by atoms with Gasteiger partial charge >= 0.3 is 0 Å². The summed E-state index contributed by atoms with van der Waals surface area (Å²) in [6, 6.07) is 4.23. The Balaban J connectivity index is 2.05. The Morgan fingerprint density at radius 1 is 1.24 bits per heavy atom. The Bertz CT molecular complexity index is 479. The zero-order valence-corrected chi connectivity index (χ0v) is 10.9. The van der Waals surface area contributed by atoms with Crippen molar-refractivity contribution in [2.75, 3.05) is 6.54 Å². The molecule has 3 rings (SSSR count). The van der Waals surface area contributed by atoms with Gasteiger partial charge in [0.1, 0.15) is 5.84 Å². The van der Waals surface area contributed by atoms with Crippen molar-refractivity contribution in [2.45, 2.75) is 39.2 Å². The molecule has 2 aliphatic heterocycles.